The summed E-state index contributed by atoms with van der Waals surface area (Å²) < 4.78 is 43.1. The highest BCUT2D eigenvalue weighted by atomic mass is 127. The number of hydrogen-bond donors (Lipinski definition) is 3. The van der Waals surface area contributed by atoms with Crippen LogP contribution in [0, 0.1) is 0 Å². The average Bonchev–Trinajstić information content (AvgIpc) is 2.65. The first-order valence-corrected chi connectivity index (χ1v) is 8.40. The summed E-state index contributed by atoms with van der Waals surface area (Å²) in [7, 11) is 0. The highest BCUT2D eigenvalue weighted by Gasteiger charge is 2.30. The highest BCUT2D eigenvalue weighted by molar-refractivity contribution is 14.0. The van der Waals surface area contributed by atoms with Gasteiger partial charge in [0.15, 0.2) is 5.96 Å². The number of rotatable bonds is 8. The Morgan fingerprint density at radius 2 is 1.86 bits per heavy atom. The maximum atomic E-state index is 12.6. The van der Waals surface area contributed by atoms with E-state index in [1.54, 1.807) is 0 Å². The van der Waals surface area contributed by atoms with Crippen molar-refractivity contribution in [3.63, 3.8) is 0 Å². The number of ether oxygens (including phenoxy) is 1. The zero-order chi connectivity index (χ0) is 19.7. The van der Waals surface area contributed by atoms with E-state index in [9.17, 15) is 18.3 Å². The summed E-state index contributed by atoms with van der Waals surface area (Å²) in [6, 6.07) is 14.3. The molecule has 0 fully saturated rings. The SMILES string of the molecule is I.NC(=NCC(O)COc1cccc(C(F)(F)F)c1)NCCc1ccccc1. The quantitative estimate of drug-likeness (QED) is 0.290. The lowest BCUT2D eigenvalue weighted by Crippen LogP contribution is -2.34. The number of alkyl halides is 3. The predicted octanol–water partition coefficient (Wildman–Crippen LogP) is 3.21. The molecule has 2 aromatic carbocycles. The van der Waals surface area contributed by atoms with Gasteiger partial charge in [-0.25, -0.2) is 0 Å². The van der Waals surface area contributed by atoms with Gasteiger partial charge < -0.3 is 20.9 Å². The van der Waals surface area contributed by atoms with Crippen molar-refractivity contribution in [1.82, 2.24) is 5.32 Å². The van der Waals surface area contributed by atoms with Gasteiger partial charge in [0.05, 0.1) is 12.1 Å². The van der Waals surface area contributed by atoms with Crippen LogP contribution in [-0.2, 0) is 12.6 Å². The lowest BCUT2D eigenvalue weighted by atomic mass is 10.1. The number of aliphatic hydroxyl groups is 1. The second-order valence-electron chi connectivity index (χ2n) is 5.88. The van der Waals surface area contributed by atoms with Crippen molar-refractivity contribution in [3.8, 4) is 5.75 Å². The summed E-state index contributed by atoms with van der Waals surface area (Å²) in [4.78, 5) is 4.00. The molecule has 9 heteroatoms. The van der Waals surface area contributed by atoms with E-state index in [2.05, 4.69) is 10.3 Å². The van der Waals surface area contributed by atoms with Crippen LogP contribution in [0.4, 0.5) is 13.2 Å². The number of hydrogen-bond acceptors (Lipinski definition) is 3. The van der Waals surface area contributed by atoms with Gasteiger partial charge in [0, 0.05) is 6.54 Å². The van der Waals surface area contributed by atoms with Crippen molar-refractivity contribution in [1.29, 1.82) is 0 Å². The number of guanidine groups is 1. The third-order valence-corrected chi connectivity index (χ3v) is 3.64. The van der Waals surface area contributed by atoms with E-state index in [1.807, 2.05) is 30.3 Å². The molecule has 5 nitrogen and oxygen atoms in total. The van der Waals surface area contributed by atoms with E-state index in [-0.39, 0.29) is 48.8 Å². The molecule has 1 unspecified atom stereocenters. The van der Waals surface area contributed by atoms with Crippen LogP contribution in [0.15, 0.2) is 59.6 Å². The number of nitrogens with one attached hydrogen (secondary N) is 1. The second-order valence-corrected chi connectivity index (χ2v) is 5.88. The van der Waals surface area contributed by atoms with E-state index < -0.39 is 17.8 Å². The van der Waals surface area contributed by atoms with Crippen LogP contribution in [-0.4, -0.2) is 36.9 Å². The van der Waals surface area contributed by atoms with Gasteiger partial charge in [-0.05, 0) is 30.2 Å². The molecule has 4 N–H and O–H groups in total. The molecule has 2 aromatic rings. The standard InChI is InChI=1S/C19H22F3N3O2.HI/c20-19(21,22)15-7-4-8-17(11-15)27-13-16(26)12-25-18(23)24-10-9-14-5-2-1-3-6-14;/h1-8,11,16,26H,9-10,12-13H2,(H3,23,24,25);1H. The Hall–Kier alpha value is -2.01. The van der Waals surface area contributed by atoms with Crippen LogP contribution in [0.25, 0.3) is 0 Å². The van der Waals surface area contributed by atoms with Crippen molar-refractivity contribution < 1.29 is 23.0 Å². The minimum absolute atomic E-state index is 0. The first kappa shape index (κ1) is 24.0. The fourth-order valence-electron chi connectivity index (χ4n) is 2.25. The number of aliphatic hydroxyl groups excluding tert-OH is 1. The van der Waals surface area contributed by atoms with Crippen LogP contribution >= 0.6 is 24.0 Å². The average molecular weight is 509 g/mol. The molecule has 0 bridgehead atoms. The Labute approximate surface area is 178 Å². The molecule has 0 heterocycles. The summed E-state index contributed by atoms with van der Waals surface area (Å²) in [5.41, 5.74) is 6.08. The summed E-state index contributed by atoms with van der Waals surface area (Å²) in [6.07, 6.45) is -4.66. The molecule has 2 rings (SSSR count). The van der Waals surface area contributed by atoms with Gasteiger partial charge in [-0.3, -0.25) is 4.99 Å². The molecule has 0 spiro atoms. The zero-order valence-corrected chi connectivity index (χ0v) is 17.4. The molecule has 0 saturated carbocycles. The van der Waals surface area contributed by atoms with Gasteiger partial charge in [-0.1, -0.05) is 36.4 Å². The third kappa shape index (κ3) is 8.79. The first-order chi connectivity index (χ1) is 12.8. The van der Waals surface area contributed by atoms with Crippen LogP contribution in [0.5, 0.6) is 5.75 Å². The molecule has 154 valence electrons. The van der Waals surface area contributed by atoms with Crippen molar-refractivity contribution in [3.05, 3.63) is 65.7 Å². The number of benzene rings is 2. The van der Waals surface area contributed by atoms with E-state index >= 15 is 0 Å². The maximum Gasteiger partial charge on any atom is 0.416 e. The molecular weight excluding hydrogens is 486 g/mol. The van der Waals surface area contributed by atoms with Gasteiger partial charge >= 0.3 is 6.18 Å². The molecule has 0 saturated heterocycles. The maximum absolute atomic E-state index is 12.6. The predicted molar refractivity (Wildman–Crippen MR) is 113 cm³/mol. The number of halogens is 4. The Bertz CT molecular complexity index is 743. The zero-order valence-electron chi connectivity index (χ0n) is 15.0. The molecule has 0 radical (unpaired) electrons. The van der Waals surface area contributed by atoms with Crippen molar-refractivity contribution in [2.75, 3.05) is 19.7 Å². The second kappa shape index (κ2) is 11.7. The van der Waals surface area contributed by atoms with Crippen molar-refractivity contribution >= 4 is 29.9 Å². The number of aliphatic imine (C=N–C) groups is 1. The molecule has 0 aliphatic heterocycles. The van der Waals surface area contributed by atoms with E-state index in [0.717, 1.165) is 24.1 Å². The first-order valence-electron chi connectivity index (χ1n) is 8.40. The van der Waals surface area contributed by atoms with E-state index in [4.69, 9.17) is 10.5 Å². The van der Waals surface area contributed by atoms with Gasteiger partial charge in [-0.2, -0.15) is 13.2 Å². The minimum Gasteiger partial charge on any atom is -0.491 e. The molecule has 0 aromatic heterocycles. The van der Waals surface area contributed by atoms with Crippen LogP contribution in [0.2, 0.25) is 0 Å². The summed E-state index contributed by atoms with van der Waals surface area (Å²) in [5, 5.41) is 12.8. The molecule has 0 aliphatic carbocycles. The number of nitrogens with zero attached hydrogens (tertiary/aromatic N) is 1. The molecule has 0 aliphatic rings. The Morgan fingerprint density at radius 1 is 1.14 bits per heavy atom. The van der Waals surface area contributed by atoms with E-state index in [0.29, 0.717) is 6.54 Å². The van der Waals surface area contributed by atoms with Gasteiger partial charge in [0.1, 0.15) is 18.5 Å². The highest BCUT2D eigenvalue weighted by Crippen LogP contribution is 2.31. The fourth-order valence-corrected chi connectivity index (χ4v) is 2.25. The van der Waals surface area contributed by atoms with Crippen LogP contribution in [0.3, 0.4) is 0 Å². The van der Waals surface area contributed by atoms with Crippen molar-refractivity contribution in [2.24, 2.45) is 10.7 Å². The number of nitrogens with two attached hydrogens (primary N) is 1. The molecule has 0 amide bonds. The molecule has 28 heavy (non-hydrogen) atoms. The lowest BCUT2D eigenvalue weighted by molar-refractivity contribution is -0.137. The summed E-state index contributed by atoms with van der Waals surface area (Å²) in [6.45, 7) is 0.376. The van der Waals surface area contributed by atoms with E-state index in [1.165, 1.54) is 12.1 Å². The van der Waals surface area contributed by atoms with Crippen LogP contribution in [0.1, 0.15) is 11.1 Å². The van der Waals surface area contributed by atoms with Gasteiger partial charge in [0.25, 0.3) is 0 Å². The monoisotopic (exact) mass is 509 g/mol. The Kier molecular flexibility index (Phi) is 10.1. The summed E-state index contributed by atoms with van der Waals surface area (Å²) in [5.74, 6) is 0.214. The van der Waals surface area contributed by atoms with Crippen molar-refractivity contribution in [2.45, 2.75) is 18.7 Å². The lowest BCUT2D eigenvalue weighted by Gasteiger charge is -2.13. The normalized spacial score (nSPS) is 12.8. The minimum atomic E-state index is -4.44. The smallest absolute Gasteiger partial charge is 0.416 e. The van der Waals surface area contributed by atoms with Crippen LogP contribution < -0.4 is 15.8 Å². The molecule has 1 atom stereocenters. The van der Waals surface area contributed by atoms with Gasteiger partial charge in [0.2, 0.25) is 0 Å². The Morgan fingerprint density at radius 3 is 2.54 bits per heavy atom. The fraction of sp³-hybridized carbons (Fsp3) is 0.316. The molecular formula is C19H23F3IN3O2. The largest absolute Gasteiger partial charge is 0.491 e. The third-order valence-electron chi connectivity index (χ3n) is 3.64. The Balaban J connectivity index is 0.00000392. The topological polar surface area (TPSA) is 79.9 Å². The summed E-state index contributed by atoms with van der Waals surface area (Å²) >= 11 is 0. The van der Waals surface area contributed by atoms with Gasteiger partial charge in [-0.15, -0.1) is 24.0 Å².